The molecule has 2 N–H and O–H groups in total. The van der Waals surface area contributed by atoms with Gasteiger partial charge in [0.25, 0.3) is 0 Å². The number of rotatable bonds is 5. The Hall–Kier alpha value is -0.390. The second-order valence-electron chi connectivity index (χ2n) is 3.98. The van der Waals surface area contributed by atoms with E-state index >= 15 is 0 Å². The van der Waals surface area contributed by atoms with E-state index in [0.717, 1.165) is 18.4 Å². The molecule has 0 unspecified atom stereocenters. The maximum atomic E-state index is 11.9. The van der Waals surface area contributed by atoms with E-state index in [1.807, 2.05) is 6.92 Å². The van der Waals surface area contributed by atoms with Gasteiger partial charge in [-0.05, 0) is 32.7 Å². The molecule has 15 heavy (non-hydrogen) atoms. The lowest BCUT2D eigenvalue weighted by molar-refractivity contribution is 0.426. The first-order valence-corrected chi connectivity index (χ1v) is 7.00. The quantitative estimate of drug-likeness (QED) is 0.561. The lowest BCUT2D eigenvalue weighted by atomic mass is 10.2. The largest absolute Gasteiger partial charge is 0.330 e. The van der Waals surface area contributed by atoms with E-state index in [0.29, 0.717) is 26.1 Å². The van der Waals surface area contributed by atoms with Gasteiger partial charge in [-0.3, -0.25) is 0 Å². The Balaban J connectivity index is 2.51. The van der Waals surface area contributed by atoms with Crippen LogP contribution in [0.4, 0.5) is 0 Å². The van der Waals surface area contributed by atoms with Crippen molar-refractivity contribution in [3.8, 4) is 0 Å². The predicted molar refractivity (Wildman–Crippen MR) is 62.0 cm³/mol. The third kappa shape index (κ3) is 3.93. The highest BCUT2D eigenvalue weighted by Gasteiger charge is 2.22. The van der Waals surface area contributed by atoms with Gasteiger partial charge in [0.15, 0.2) is 0 Å². The van der Waals surface area contributed by atoms with Crippen LogP contribution in [0.3, 0.4) is 0 Å². The van der Waals surface area contributed by atoms with Crippen molar-refractivity contribution in [3.05, 3.63) is 11.6 Å². The summed E-state index contributed by atoms with van der Waals surface area (Å²) >= 11 is 0. The summed E-state index contributed by atoms with van der Waals surface area (Å²) in [5.41, 5.74) is 6.48. The van der Waals surface area contributed by atoms with Gasteiger partial charge in [-0.15, -0.1) is 0 Å². The average Bonchev–Trinajstić information content (AvgIpc) is 2.18. The van der Waals surface area contributed by atoms with E-state index in [-0.39, 0.29) is 5.75 Å². The van der Waals surface area contributed by atoms with Crippen LogP contribution in [0.15, 0.2) is 11.6 Å². The topological polar surface area (TPSA) is 63.4 Å². The van der Waals surface area contributed by atoms with Crippen LogP contribution in [0.1, 0.15) is 26.2 Å². The van der Waals surface area contributed by atoms with Gasteiger partial charge in [-0.2, -0.15) is 4.31 Å². The van der Waals surface area contributed by atoms with Crippen molar-refractivity contribution in [1.82, 2.24) is 4.31 Å². The molecule has 0 aromatic carbocycles. The molecular formula is C10H20N2O2S. The van der Waals surface area contributed by atoms with Gasteiger partial charge in [-0.1, -0.05) is 11.6 Å². The molecule has 0 amide bonds. The van der Waals surface area contributed by atoms with Gasteiger partial charge in [0.1, 0.15) is 0 Å². The monoisotopic (exact) mass is 232 g/mol. The number of unbranched alkanes of at least 4 members (excludes halogenated alkanes) is 1. The summed E-state index contributed by atoms with van der Waals surface area (Å²) in [5.74, 6) is 0.234. The predicted octanol–water partition coefficient (Wildman–Crippen LogP) is 0.707. The maximum absolute atomic E-state index is 11.9. The minimum absolute atomic E-state index is 0.234. The van der Waals surface area contributed by atoms with Crippen LogP contribution in [-0.4, -0.2) is 38.1 Å². The maximum Gasteiger partial charge on any atom is 0.214 e. The third-order valence-corrected chi connectivity index (χ3v) is 4.45. The van der Waals surface area contributed by atoms with Crippen LogP contribution in [0.25, 0.3) is 0 Å². The van der Waals surface area contributed by atoms with Crippen molar-refractivity contribution in [2.24, 2.45) is 5.73 Å². The third-order valence-electron chi connectivity index (χ3n) is 2.55. The minimum atomic E-state index is -3.05. The van der Waals surface area contributed by atoms with E-state index in [1.165, 1.54) is 0 Å². The SMILES string of the molecule is CC1=CCCN(S(=O)(=O)CCCCN)C1. The molecule has 0 fully saturated rings. The molecular weight excluding hydrogens is 212 g/mol. The van der Waals surface area contributed by atoms with Gasteiger partial charge in [-0.25, -0.2) is 8.42 Å². The Morgan fingerprint density at radius 2 is 2.20 bits per heavy atom. The van der Waals surface area contributed by atoms with E-state index in [1.54, 1.807) is 4.31 Å². The fourth-order valence-electron chi connectivity index (χ4n) is 1.67. The molecule has 1 heterocycles. The zero-order chi connectivity index (χ0) is 11.3. The van der Waals surface area contributed by atoms with E-state index in [9.17, 15) is 8.42 Å². The van der Waals surface area contributed by atoms with E-state index < -0.39 is 10.0 Å². The van der Waals surface area contributed by atoms with Crippen LogP contribution in [-0.2, 0) is 10.0 Å². The first-order chi connectivity index (χ1) is 7.06. The van der Waals surface area contributed by atoms with Crippen molar-refractivity contribution < 1.29 is 8.42 Å². The van der Waals surface area contributed by atoms with E-state index in [2.05, 4.69) is 6.08 Å². The molecule has 0 saturated heterocycles. The highest BCUT2D eigenvalue weighted by Crippen LogP contribution is 2.14. The van der Waals surface area contributed by atoms with Crippen LogP contribution < -0.4 is 5.73 Å². The minimum Gasteiger partial charge on any atom is -0.330 e. The summed E-state index contributed by atoms with van der Waals surface area (Å²) in [6.45, 7) is 3.73. The molecule has 1 rings (SSSR count). The Morgan fingerprint density at radius 1 is 1.47 bits per heavy atom. The Kier molecular flexibility index (Phi) is 4.76. The molecule has 0 spiro atoms. The molecule has 0 aliphatic carbocycles. The number of hydrogen-bond acceptors (Lipinski definition) is 3. The first kappa shape index (κ1) is 12.7. The highest BCUT2D eigenvalue weighted by atomic mass is 32.2. The van der Waals surface area contributed by atoms with Crippen LogP contribution in [0.2, 0.25) is 0 Å². The summed E-state index contributed by atoms with van der Waals surface area (Å²) in [6.07, 6.45) is 4.38. The Morgan fingerprint density at radius 3 is 2.80 bits per heavy atom. The summed E-state index contributed by atoms with van der Waals surface area (Å²) in [4.78, 5) is 0. The molecule has 0 saturated carbocycles. The van der Waals surface area contributed by atoms with Crippen LogP contribution >= 0.6 is 0 Å². The van der Waals surface area contributed by atoms with Crippen molar-refractivity contribution in [3.63, 3.8) is 0 Å². The fourth-order valence-corrected chi connectivity index (χ4v) is 3.28. The van der Waals surface area contributed by atoms with Crippen molar-refractivity contribution in [1.29, 1.82) is 0 Å². The lowest BCUT2D eigenvalue weighted by Crippen LogP contribution is -2.37. The second-order valence-corrected chi connectivity index (χ2v) is 6.07. The van der Waals surface area contributed by atoms with Crippen molar-refractivity contribution in [2.75, 3.05) is 25.4 Å². The first-order valence-electron chi connectivity index (χ1n) is 5.40. The van der Waals surface area contributed by atoms with Crippen molar-refractivity contribution in [2.45, 2.75) is 26.2 Å². The van der Waals surface area contributed by atoms with Gasteiger partial charge < -0.3 is 5.73 Å². The number of nitrogens with two attached hydrogens (primary N) is 1. The Bertz CT molecular complexity index is 322. The van der Waals surface area contributed by atoms with Crippen LogP contribution in [0, 0.1) is 0 Å². The van der Waals surface area contributed by atoms with Gasteiger partial charge in [0.05, 0.1) is 5.75 Å². The van der Waals surface area contributed by atoms with E-state index in [4.69, 9.17) is 5.73 Å². The second kappa shape index (κ2) is 5.63. The molecule has 0 aromatic rings. The molecule has 88 valence electrons. The van der Waals surface area contributed by atoms with Gasteiger partial charge in [0, 0.05) is 13.1 Å². The summed E-state index contributed by atoms with van der Waals surface area (Å²) < 4.78 is 25.3. The van der Waals surface area contributed by atoms with Gasteiger partial charge in [0.2, 0.25) is 10.0 Å². The zero-order valence-corrected chi connectivity index (χ0v) is 10.1. The normalized spacial score (nSPS) is 18.9. The van der Waals surface area contributed by atoms with Gasteiger partial charge >= 0.3 is 0 Å². The molecule has 0 radical (unpaired) electrons. The standard InChI is InChI=1S/C10H20N2O2S/c1-10-5-4-7-12(9-10)15(13,14)8-3-2-6-11/h5H,2-4,6-9,11H2,1H3. The molecule has 1 aliphatic heterocycles. The summed E-state index contributed by atoms with van der Waals surface area (Å²) in [5, 5.41) is 0. The molecule has 0 aromatic heterocycles. The molecule has 1 aliphatic rings. The molecule has 4 nitrogen and oxygen atoms in total. The fraction of sp³-hybridized carbons (Fsp3) is 0.800. The smallest absolute Gasteiger partial charge is 0.214 e. The molecule has 0 atom stereocenters. The van der Waals surface area contributed by atoms with Crippen LogP contribution in [0.5, 0.6) is 0 Å². The lowest BCUT2D eigenvalue weighted by Gasteiger charge is -2.25. The Labute approximate surface area is 92.2 Å². The number of nitrogens with zero attached hydrogens (tertiary/aromatic N) is 1. The number of sulfonamides is 1. The molecule has 0 bridgehead atoms. The molecule has 5 heteroatoms. The number of hydrogen-bond donors (Lipinski definition) is 1. The summed E-state index contributed by atoms with van der Waals surface area (Å²) in [7, 11) is -3.05. The highest BCUT2D eigenvalue weighted by molar-refractivity contribution is 7.89. The summed E-state index contributed by atoms with van der Waals surface area (Å²) in [6, 6.07) is 0. The zero-order valence-electron chi connectivity index (χ0n) is 9.28. The average molecular weight is 232 g/mol. The van der Waals surface area contributed by atoms with Crippen molar-refractivity contribution >= 4 is 10.0 Å².